The first kappa shape index (κ1) is 10.1. The largest absolute Gasteiger partial charge is 0.304 e. The number of thiazole rings is 1. The van der Waals surface area contributed by atoms with Crippen molar-refractivity contribution < 1.29 is 0 Å². The zero-order valence-electron chi connectivity index (χ0n) is 8.86. The minimum atomic E-state index is 1.03. The van der Waals surface area contributed by atoms with Gasteiger partial charge in [-0.25, -0.2) is 4.98 Å². The van der Waals surface area contributed by atoms with Gasteiger partial charge in [0.15, 0.2) is 0 Å². The van der Waals surface area contributed by atoms with Crippen molar-refractivity contribution in [3.05, 3.63) is 16.1 Å². The van der Waals surface area contributed by atoms with E-state index >= 15 is 0 Å². The summed E-state index contributed by atoms with van der Waals surface area (Å²) in [6.07, 6.45) is 0. The van der Waals surface area contributed by atoms with Crippen LogP contribution < -0.4 is 0 Å². The van der Waals surface area contributed by atoms with Crippen molar-refractivity contribution in [2.75, 3.05) is 33.2 Å². The van der Waals surface area contributed by atoms with E-state index in [1.165, 1.54) is 31.2 Å². The van der Waals surface area contributed by atoms with E-state index in [1.54, 1.807) is 11.3 Å². The van der Waals surface area contributed by atoms with Crippen molar-refractivity contribution in [1.29, 1.82) is 0 Å². The van der Waals surface area contributed by atoms with E-state index in [2.05, 4.69) is 34.1 Å². The molecule has 4 heteroatoms. The van der Waals surface area contributed by atoms with Gasteiger partial charge in [0.05, 0.1) is 6.54 Å². The van der Waals surface area contributed by atoms with E-state index in [9.17, 15) is 0 Å². The zero-order chi connectivity index (χ0) is 9.97. The molecular formula is C10H17N3S. The van der Waals surface area contributed by atoms with Crippen LogP contribution in [0.3, 0.4) is 0 Å². The van der Waals surface area contributed by atoms with Crippen LogP contribution in [0.4, 0.5) is 0 Å². The second kappa shape index (κ2) is 4.38. The molecule has 78 valence electrons. The molecule has 1 fully saturated rings. The highest BCUT2D eigenvalue weighted by Crippen LogP contribution is 2.12. The molecule has 0 radical (unpaired) electrons. The van der Waals surface area contributed by atoms with Crippen molar-refractivity contribution in [2.24, 2.45) is 0 Å². The topological polar surface area (TPSA) is 19.4 Å². The summed E-state index contributed by atoms with van der Waals surface area (Å²) < 4.78 is 0. The maximum Gasteiger partial charge on any atom is 0.107 e. The van der Waals surface area contributed by atoms with Crippen LogP contribution in [0.1, 0.15) is 10.7 Å². The van der Waals surface area contributed by atoms with Crippen LogP contribution in [0, 0.1) is 6.92 Å². The van der Waals surface area contributed by atoms with Crippen molar-refractivity contribution in [3.8, 4) is 0 Å². The van der Waals surface area contributed by atoms with Gasteiger partial charge in [0.1, 0.15) is 5.01 Å². The minimum absolute atomic E-state index is 1.03. The molecule has 1 saturated heterocycles. The fourth-order valence-electron chi connectivity index (χ4n) is 1.67. The smallest absolute Gasteiger partial charge is 0.107 e. The average molecular weight is 211 g/mol. The molecule has 1 aromatic rings. The monoisotopic (exact) mass is 211 g/mol. The van der Waals surface area contributed by atoms with E-state index in [0.717, 1.165) is 12.2 Å². The molecular weight excluding hydrogens is 194 g/mol. The SMILES string of the molecule is Cc1csc(CN2CCN(C)CC2)n1. The number of hydrogen-bond acceptors (Lipinski definition) is 4. The number of aryl methyl sites for hydroxylation is 1. The Hall–Kier alpha value is -0.450. The normalized spacial score (nSPS) is 20.1. The molecule has 0 unspecified atom stereocenters. The fourth-order valence-corrected chi connectivity index (χ4v) is 2.49. The third-order valence-electron chi connectivity index (χ3n) is 2.62. The zero-order valence-corrected chi connectivity index (χ0v) is 9.68. The van der Waals surface area contributed by atoms with Crippen molar-refractivity contribution in [2.45, 2.75) is 13.5 Å². The summed E-state index contributed by atoms with van der Waals surface area (Å²) in [5.41, 5.74) is 1.15. The molecule has 0 atom stereocenters. The van der Waals surface area contributed by atoms with Gasteiger partial charge in [-0.15, -0.1) is 11.3 Å². The Morgan fingerprint density at radius 3 is 2.64 bits per heavy atom. The summed E-state index contributed by atoms with van der Waals surface area (Å²) in [6, 6.07) is 0. The number of piperazine rings is 1. The van der Waals surface area contributed by atoms with E-state index in [-0.39, 0.29) is 0 Å². The summed E-state index contributed by atoms with van der Waals surface area (Å²) in [7, 11) is 2.19. The van der Waals surface area contributed by atoms with Crippen LogP contribution in [0.15, 0.2) is 5.38 Å². The van der Waals surface area contributed by atoms with Gasteiger partial charge < -0.3 is 4.90 Å². The van der Waals surface area contributed by atoms with E-state index in [4.69, 9.17) is 0 Å². The van der Waals surface area contributed by atoms with Gasteiger partial charge >= 0.3 is 0 Å². The number of aromatic nitrogens is 1. The third kappa shape index (κ3) is 2.53. The molecule has 0 amide bonds. The van der Waals surface area contributed by atoms with Gasteiger partial charge in [-0.2, -0.15) is 0 Å². The van der Waals surface area contributed by atoms with E-state index in [0.29, 0.717) is 0 Å². The molecule has 0 bridgehead atoms. The summed E-state index contributed by atoms with van der Waals surface area (Å²) in [5.74, 6) is 0. The summed E-state index contributed by atoms with van der Waals surface area (Å²) >= 11 is 1.78. The Morgan fingerprint density at radius 2 is 2.07 bits per heavy atom. The highest BCUT2D eigenvalue weighted by atomic mass is 32.1. The first-order valence-electron chi connectivity index (χ1n) is 5.06. The van der Waals surface area contributed by atoms with Crippen LogP contribution >= 0.6 is 11.3 Å². The van der Waals surface area contributed by atoms with Gasteiger partial charge in [0.2, 0.25) is 0 Å². The molecule has 0 saturated carbocycles. The van der Waals surface area contributed by atoms with Crippen LogP contribution in [-0.2, 0) is 6.54 Å². The average Bonchev–Trinajstić information content (AvgIpc) is 2.56. The summed E-state index contributed by atoms with van der Waals surface area (Å²) in [4.78, 5) is 9.35. The number of rotatable bonds is 2. The lowest BCUT2D eigenvalue weighted by Crippen LogP contribution is -2.43. The van der Waals surface area contributed by atoms with Gasteiger partial charge in [-0.1, -0.05) is 0 Å². The molecule has 0 aliphatic carbocycles. The van der Waals surface area contributed by atoms with Crippen LogP contribution in [0.25, 0.3) is 0 Å². The molecule has 1 aliphatic heterocycles. The van der Waals surface area contributed by atoms with Crippen LogP contribution in [0.5, 0.6) is 0 Å². The predicted molar refractivity (Wildman–Crippen MR) is 59.6 cm³/mol. The number of nitrogens with zero attached hydrogens (tertiary/aromatic N) is 3. The molecule has 2 heterocycles. The van der Waals surface area contributed by atoms with Crippen LogP contribution in [0.2, 0.25) is 0 Å². The number of likely N-dealkylation sites (N-methyl/N-ethyl adjacent to an activating group) is 1. The first-order chi connectivity index (χ1) is 6.74. The molecule has 0 aromatic carbocycles. The van der Waals surface area contributed by atoms with Crippen LogP contribution in [-0.4, -0.2) is 48.0 Å². The van der Waals surface area contributed by atoms with Gasteiger partial charge in [0.25, 0.3) is 0 Å². The van der Waals surface area contributed by atoms with Crippen molar-refractivity contribution in [3.63, 3.8) is 0 Å². The van der Waals surface area contributed by atoms with Crippen molar-refractivity contribution in [1.82, 2.24) is 14.8 Å². The Labute approximate surface area is 89.4 Å². The third-order valence-corrected chi connectivity index (χ3v) is 3.57. The van der Waals surface area contributed by atoms with E-state index < -0.39 is 0 Å². The lowest BCUT2D eigenvalue weighted by atomic mass is 10.3. The Balaban J connectivity index is 1.86. The molecule has 0 N–H and O–H groups in total. The minimum Gasteiger partial charge on any atom is -0.304 e. The molecule has 14 heavy (non-hydrogen) atoms. The standard InChI is InChI=1S/C10H17N3S/c1-9-8-14-10(11-9)7-13-5-3-12(2)4-6-13/h8H,3-7H2,1-2H3. The second-order valence-electron chi connectivity index (χ2n) is 3.96. The maximum atomic E-state index is 4.49. The predicted octanol–water partition coefficient (Wildman–Crippen LogP) is 1.20. The summed E-state index contributed by atoms with van der Waals surface area (Å²) in [6.45, 7) is 7.81. The fraction of sp³-hybridized carbons (Fsp3) is 0.700. The van der Waals surface area contributed by atoms with Crippen molar-refractivity contribution >= 4 is 11.3 Å². The Morgan fingerprint density at radius 1 is 1.36 bits per heavy atom. The molecule has 1 aromatic heterocycles. The van der Waals surface area contributed by atoms with Gasteiger partial charge in [-0.05, 0) is 14.0 Å². The highest BCUT2D eigenvalue weighted by molar-refractivity contribution is 7.09. The first-order valence-corrected chi connectivity index (χ1v) is 5.94. The highest BCUT2D eigenvalue weighted by Gasteiger charge is 2.14. The molecule has 1 aliphatic rings. The molecule has 3 nitrogen and oxygen atoms in total. The lowest BCUT2D eigenvalue weighted by Gasteiger charge is -2.31. The Bertz CT molecular complexity index is 289. The molecule has 0 spiro atoms. The van der Waals surface area contributed by atoms with Gasteiger partial charge in [-0.3, -0.25) is 4.90 Å². The quantitative estimate of drug-likeness (QED) is 0.733. The summed E-state index contributed by atoms with van der Waals surface area (Å²) in [5, 5.41) is 3.39. The second-order valence-corrected chi connectivity index (χ2v) is 4.90. The maximum absolute atomic E-state index is 4.49. The van der Waals surface area contributed by atoms with Gasteiger partial charge in [0, 0.05) is 37.3 Å². The number of hydrogen-bond donors (Lipinski definition) is 0. The Kier molecular flexibility index (Phi) is 3.15. The molecule has 2 rings (SSSR count). The van der Waals surface area contributed by atoms with E-state index in [1.807, 2.05) is 0 Å². The lowest BCUT2D eigenvalue weighted by molar-refractivity contribution is 0.148.